The molecule has 1 aromatic carbocycles. The Morgan fingerprint density at radius 2 is 2.21 bits per heavy atom. The fraction of sp³-hybridized carbons (Fsp3) is 0.286. The summed E-state index contributed by atoms with van der Waals surface area (Å²) < 4.78 is 1.58. The molecule has 1 amide bonds. The number of nitrogens with zero attached hydrogens (tertiary/aromatic N) is 2. The largest absolute Gasteiger partial charge is 0.343 e. The Balaban J connectivity index is 1.84. The predicted octanol–water partition coefficient (Wildman–Crippen LogP) is 2.21. The number of carbonyl (C=O) groups is 1. The Labute approximate surface area is 119 Å². The van der Waals surface area contributed by atoms with E-state index >= 15 is 0 Å². The van der Waals surface area contributed by atoms with Crippen LogP contribution in [0.1, 0.15) is 27.7 Å². The number of rotatable bonds is 2. The summed E-state index contributed by atoms with van der Waals surface area (Å²) in [5.74, 6) is -0.0915. The second kappa shape index (κ2) is 4.81. The maximum atomic E-state index is 12.2. The van der Waals surface area contributed by atoms with E-state index in [0.29, 0.717) is 5.69 Å². The molecule has 2 unspecified atom stereocenters. The Morgan fingerprint density at radius 3 is 2.95 bits per heavy atom. The van der Waals surface area contributed by atoms with Gasteiger partial charge in [0.05, 0.1) is 6.04 Å². The molecule has 0 spiro atoms. The van der Waals surface area contributed by atoms with Crippen LogP contribution in [0.5, 0.6) is 0 Å². The van der Waals surface area contributed by atoms with Gasteiger partial charge < -0.3 is 5.32 Å². The summed E-state index contributed by atoms with van der Waals surface area (Å²) in [6.45, 7) is 0. The van der Waals surface area contributed by atoms with E-state index in [9.17, 15) is 4.79 Å². The maximum Gasteiger partial charge on any atom is 0.270 e. The van der Waals surface area contributed by atoms with E-state index in [0.717, 1.165) is 6.42 Å². The van der Waals surface area contributed by atoms with Gasteiger partial charge in [0.25, 0.3) is 5.91 Å². The third-order valence-corrected chi connectivity index (χ3v) is 4.36. The molecule has 98 valence electrons. The van der Waals surface area contributed by atoms with E-state index in [2.05, 4.69) is 38.5 Å². The Hall–Kier alpha value is -1.62. The monoisotopic (exact) mass is 319 g/mol. The van der Waals surface area contributed by atoms with Crippen LogP contribution in [0.4, 0.5) is 0 Å². The Kier molecular flexibility index (Phi) is 3.14. The van der Waals surface area contributed by atoms with Crippen LogP contribution in [0, 0.1) is 0 Å². The first-order valence-electron chi connectivity index (χ1n) is 6.17. The topological polar surface area (TPSA) is 46.9 Å². The first kappa shape index (κ1) is 12.4. The van der Waals surface area contributed by atoms with Crippen molar-refractivity contribution in [1.29, 1.82) is 0 Å². The molecule has 1 N–H and O–H groups in total. The van der Waals surface area contributed by atoms with Gasteiger partial charge in [0.2, 0.25) is 0 Å². The number of aryl methyl sites for hydroxylation is 1. The van der Waals surface area contributed by atoms with Gasteiger partial charge in [0, 0.05) is 18.1 Å². The van der Waals surface area contributed by atoms with Crippen LogP contribution in [-0.4, -0.2) is 20.5 Å². The van der Waals surface area contributed by atoms with Gasteiger partial charge >= 0.3 is 0 Å². The first-order chi connectivity index (χ1) is 9.16. The summed E-state index contributed by atoms with van der Waals surface area (Å²) in [6, 6.07) is 9.96. The van der Waals surface area contributed by atoms with Crippen molar-refractivity contribution >= 4 is 21.8 Å². The Bertz CT molecular complexity index is 623. The van der Waals surface area contributed by atoms with Crippen LogP contribution in [0.3, 0.4) is 0 Å². The van der Waals surface area contributed by atoms with Crippen molar-refractivity contribution in [3.8, 4) is 0 Å². The Morgan fingerprint density at radius 1 is 1.42 bits per heavy atom. The van der Waals surface area contributed by atoms with Gasteiger partial charge in [0.15, 0.2) is 0 Å². The summed E-state index contributed by atoms with van der Waals surface area (Å²) in [5, 5.41) is 7.10. The lowest BCUT2D eigenvalue weighted by Crippen LogP contribution is -2.32. The SMILES string of the molecule is Cn1nccc1C(=O)NC1c2ccccc2CC1Br. The molecule has 5 heteroatoms. The summed E-state index contributed by atoms with van der Waals surface area (Å²) in [6.07, 6.45) is 2.57. The van der Waals surface area contributed by atoms with Crippen molar-refractivity contribution in [2.45, 2.75) is 17.3 Å². The summed E-state index contributed by atoms with van der Waals surface area (Å²) >= 11 is 3.66. The maximum absolute atomic E-state index is 12.2. The van der Waals surface area contributed by atoms with Gasteiger partial charge in [-0.15, -0.1) is 0 Å². The molecule has 19 heavy (non-hydrogen) atoms. The van der Waals surface area contributed by atoms with Crippen molar-refractivity contribution in [3.63, 3.8) is 0 Å². The second-order valence-corrected chi connectivity index (χ2v) is 5.89. The molecule has 0 bridgehead atoms. The number of hydrogen-bond donors (Lipinski definition) is 1. The number of nitrogens with one attached hydrogen (secondary N) is 1. The molecule has 0 fully saturated rings. The van der Waals surface area contributed by atoms with E-state index < -0.39 is 0 Å². The van der Waals surface area contributed by atoms with Crippen molar-refractivity contribution in [3.05, 3.63) is 53.3 Å². The lowest BCUT2D eigenvalue weighted by atomic mass is 10.1. The average Bonchev–Trinajstić information content (AvgIpc) is 2.94. The minimum atomic E-state index is -0.0915. The number of aromatic nitrogens is 2. The molecule has 0 saturated heterocycles. The third kappa shape index (κ3) is 2.18. The minimum Gasteiger partial charge on any atom is -0.343 e. The molecular weight excluding hydrogens is 306 g/mol. The normalized spacial score (nSPS) is 21.2. The molecule has 1 aliphatic rings. The number of halogens is 1. The van der Waals surface area contributed by atoms with Crippen LogP contribution < -0.4 is 5.32 Å². The number of hydrogen-bond acceptors (Lipinski definition) is 2. The predicted molar refractivity (Wildman–Crippen MR) is 76.3 cm³/mol. The quantitative estimate of drug-likeness (QED) is 0.863. The van der Waals surface area contributed by atoms with Gasteiger partial charge in [0.1, 0.15) is 5.69 Å². The summed E-state index contributed by atoms with van der Waals surface area (Å²) in [5.41, 5.74) is 3.06. The zero-order valence-electron chi connectivity index (χ0n) is 10.5. The molecular formula is C14H14BrN3O. The lowest BCUT2D eigenvalue weighted by Gasteiger charge is -2.17. The van der Waals surface area contributed by atoms with E-state index in [1.54, 1.807) is 24.0 Å². The van der Waals surface area contributed by atoms with Crippen LogP contribution in [0.15, 0.2) is 36.5 Å². The number of fused-ring (bicyclic) bond motifs is 1. The number of carbonyl (C=O) groups excluding carboxylic acids is 1. The molecule has 3 rings (SSSR count). The van der Waals surface area contributed by atoms with Crippen molar-refractivity contribution in [1.82, 2.24) is 15.1 Å². The molecule has 2 aromatic rings. The van der Waals surface area contributed by atoms with Crippen molar-refractivity contribution in [2.75, 3.05) is 0 Å². The number of alkyl halides is 1. The second-order valence-electron chi connectivity index (χ2n) is 4.71. The van der Waals surface area contributed by atoms with Gasteiger partial charge in [-0.25, -0.2) is 0 Å². The number of amides is 1. The summed E-state index contributed by atoms with van der Waals surface area (Å²) in [4.78, 5) is 12.5. The van der Waals surface area contributed by atoms with Gasteiger partial charge in [-0.2, -0.15) is 5.10 Å². The van der Waals surface area contributed by atoms with Gasteiger partial charge in [-0.05, 0) is 23.6 Å². The van der Waals surface area contributed by atoms with Gasteiger partial charge in [-0.3, -0.25) is 9.48 Å². The highest BCUT2D eigenvalue weighted by molar-refractivity contribution is 9.09. The summed E-state index contributed by atoms with van der Waals surface area (Å²) in [7, 11) is 1.77. The van der Waals surface area contributed by atoms with E-state index in [1.165, 1.54) is 11.1 Å². The van der Waals surface area contributed by atoms with E-state index in [-0.39, 0.29) is 16.8 Å². The lowest BCUT2D eigenvalue weighted by molar-refractivity contribution is 0.0928. The molecule has 2 atom stereocenters. The van der Waals surface area contributed by atoms with E-state index in [4.69, 9.17) is 0 Å². The van der Waals surface area contributed by atoms with E-state index in [1.807, 2.05) is 12.1 Å². The molecule has 0 aliphatic heterocycles. The fourth-order valence-corrected chi connectivity index (χ4v) is 3.29. The van der Waals surface area contributed by atoms with Crippen molar-refractivity contribution < 1.29 is 4.79 Å². The standard InChI is InChI=1S/C14H14BrN3O/c1-18-12(6-7-16-18)14(19)17-13-10-5-3-2-4-9(10)8-11(13)15/h2-7,11,13H,8H2,1H3,(H,17,19). The minimum absolute atomic E-state index is 0.0126. The molecule has 1 aliphatic carbocycles. The fourth-order valence-electron chi connectivity index (χ4n) is 2.53. The highest BCUT2D eigenvalue weighted by Crippen LogP contribution is 2.35. The highest BCUT2D eigenvalue weighted by Gasteiger charge is 2.32. The molecule has 0 saturated carbocycles. The highest BCUT2D eigenvalue weighted by atomic mass is 79.9. The van der Waals surface area contributed by atoms with Gasteiger partial charge in [-0.1, -0.05) is 40.2 Å². The molecule has 4 nitrogen and oxygen atoms in total. The average molecular weight is 320 g/mol. The molecule has 1 heterocycles. The smallest absolute Gasteiger partial charge is 0.270 e. The van der Waals surface area contributed by atoms with Crippen LogP contribution >= 0.6 is 15.9 Å². The van der Waals surface area contributed by atoms with Crippen molar-refractivity contribution in [2.24, 2.45) is 7.05 Å². The molecule has 1 aromatic heterocycles. The zero-order chi connectivity index (χ0) is 13.4. The zero-order valence-corrected chi connectivity index (χ0v) is 12.1. The third-order valence-electron chi connectivity index (χ3n) is 3.51. The number of benzene rings is 1. The first-order valence-corrected chi connectivity index (χ1v) is 7.09. The van der Waals surface area contributed by atoms with Crippen LogP contribution in [0.25, 0.3) is 0 Å². The van der Waals surface area contributed by atoms with Crippen LogP contribution in [-0.2, 0) is 13.5 Å². The molecule has 0 radical (unpaired) electrons. The van der Waals surface area contributed by atoms with Crippen LogP contribution in [0.2, 0.25) is 0 Å².